The average molecular weight is 269 g/mol. The molecule has 0 heterocycles. The van der Waals surface area contributed by atoms with Gasteiger partial charge in [0, 0.05) is 12.0 Å². The molecule has 2 heteroatoms. The van der Waals surface area contributed by atoms with Crippen molar-refractivity contribution in [1.29, 1.82) is 0 Å². The monoisotopic (exact) mass is 269 g/mol. The molecule has 1 saturated carbocycles. The summed E-state index contributed by atoms with van der Waals surface area (Å²) in [6, 6.07) is 0. The third-order valence-electron chi connectivity index (χ3n) is 4.42. The molecule has 0 spiro atoms. The third kappa shape index (κ3) is 6.76. The van der Waals surface area contributed by atoms with Crippen LogP contribution in [0.25, 0.3) is 0 Å². The second-order valence-electron chi connectivity index (χ2n) is 7.89. The minimum Gasteiger partial charge on any atom is -0.378 e. The Hall–Kier alpha value is -0.0800. The zero-order valence-corrected chi connectivity index (χ0v) is 14.0. The molecule has 0 amide bonds. The summed E-state index contributed by atoms with van der Waals surface area (Å²) >= 11 is 0. The van der Waals surface area contributed by atoms with Crippen molar-refractivity contribution in [3.8, 4) is 0 Å². The Morgan fingerprint density at radius 3 is 2.42 bits per heavy atom. The fourth-order valence-electron chi connectivity index (χ4n) is 2.74. The van der Waals surface area contributed by atoms with Gasteiger partial charge in [-0.1, -0.05) is 41.5 Å². The highest BCUT2D eigenvalue weighted by atomic mass is 16.5. The van der Waals surface area contributed by atoms with Gasteiger partial charge in [0.2, 0.25) is 0 Å². The number of nitrogens with one attached hydrogen (secondary N) is 1. The highest BCUT2D eigenvalue weighted by Crippen LogP contribution is 2.31. The molecule has 0 aromatic carbocycles. The standard InChI is InChI=1S/C17H35NO/c1-13(2)10-18-11-17(5,6)12-19-16-8-7-14(3)15(4)9-16/h13-16,18H,7-12H2,1-6H3. The van der Waals surface area contributed by atoms with Crippen LogP contribution in [0.3, 0.4) is 0 Å². The molecule has 3 atom stereocenters. The van der Waals surface area contributed by atoms with E-state index in [1.165, 1.54) is 19.3 Å². The lowest BCUT2D eigenvalue weighted by Crippen LogP contribution is -2.37. The molecule has 0 aromatic heterocycles. The lowest BCUT2D eigenvalue weighted by molar-refractivity contribution is -0.0323. The molecule has 2 nitrogen and oxygen atoms in total. The van der Waals surface area contributed by atoms with E-state index in [0.29, 0.717) is 6.10 Å². The van der Waals surface area contributed by atoms with Crippen LogP contribution in [0.1, 0.15) is 60.8 Å². The first-order chi connectivity index (χ1) is 8.80. The Morgan fingerprint density at radius 2 is 1.84 bits per heavy atom. The second-order valence-corrected chi connectivity index (χ2v) is 7.89. The lowest BCUT2D eigenvalue weighted by Gasteiger charge is -2.34. The van der Waals surface area contributed by atoms with Crippen molar-refractivity contribution in [3.63, 3.8) is 0 Å². The zero-order valence-electron chi connectivity index (χ0n) is 14.0. The summed E-state index contributed by atoms with van der Waals surface area (Å²) in [5.74, 6) is 2.42. The van der Waals surface area contributed by atoms with Crippen LogP contribution in [0.5, 0.6) is 0 Å². The summed E-state index contributed by atoms with van der Waals surface area (Å²) in [5.41, 5.74) is 0.237. The number of hydrogen-bond donors (Lipinski definition) is 1. The van der Waals surface area contributed by atoms with Crippen LogP contribution in [0.4, 0.5) is 0 Å². The molecular weight excluding hydrogens is 234 g/mol. The van der Waals surface area contributed by atoms with E-state index in [2.05, 4.69) is 46.9 Å². The first kappa shape index (κ1) is 17.0. The number of hydrogen-bond acceptors (Lipinski definition) is 2. The van der Waals surface area contributed by atoms with Crippen molar-refractivity contribution >= 4 is 0 Å². The van der Waals surface area contributed by atoms with Gasteiger partial charge in [-0.2, -0.15) is 0 Å². The van der Waals surface area contributed by atoms with Crippen molar-refractivity contribution in [2.24, 2.45) is 23.2 Å². The predicted molar refractivity (Wildman–Crippen MR) is 83.4 cm³/mol. The van der Waals surface area contributed by atoms with Crippen LogP contribution < -0.4 is 5.32 Å². The van der Waals surface area contributed by atoms with Crippen molar-refractivity contribution in [2.75, 3.05) is 19.7 Å². The third-order valence-corrected chi connectivity index (χ3v) is 4.42. The van der Waals surface area contributed by atoms with Gasteiger partial charge in [0.1, 0.15) is 0 Å². The maximum absolute atomic E-state index is 6.18. The first-order valence-corrected chi connectivity index (χ1v) is 8.12. The topological polar surface area (TPSA) is 21.3 Å². The largest absolute Gasteiger partial charge is 0.378 e. The summed E-state index contributed by atoms with van der Waals surface area (Å²) in [5, 5.41) is 3.55. The van der Waals surface area contributed by atoms with Crippen molar-refractivity contribution in [1.82, 2.24) is 5.32 Å². The molecule has 1 aliphatic carbocycles. The molecule has 0 radical (unpaired) electrons. The first-order valence-electron chi connectivity index (χ1n) is 8.12. The Bertz CT molecular complexity index is 250. The molecule has 1 fully saturated rings. The summed E-state index contributed by atoms with van der Waals surface area (Å²) in [6.07, 6.45) is 4.32. The summed E-state index contributed by atoms with van der Waals surface area (Å²) < 4.78 is 6.18. The zero-order chi connectivity index (χ0) is 14.5. The lowest BCUT2D eigenvalue weighted by atomic mass is 9.80. The van der Waals surface area contributed by atoms with E-state index in [1.807, 2.05) is 0 Å². The molecule has 0 bridgehead atoms. The van der Waals surface area contributed by atoms with E-state index in [9.17, 15) is 0 Å². The van der Waals surface area contributed by atoms with Gasteiger partial charge in [0.05, 0.1) is 12.7 Å². The summed E-state index contributed by atoms with van der Waals surface area (Å²) in [4.78, 5) is 0. The van der Waals surface area contributed by atoms with E-state index in [0.717, 1.165) is 37.5 Å². The van der Waals surface area contributed by atoms with Gasteiger partial charge in [-0.15, -0.1) is 0 Å². The molecule has 1 rings (SSSR count). The molecular formula is C17H35NO. The quantitative estimate of drug-likeness (QED) is 0.751. The molecule has 0 aliphatic heterocycles. The number of ether oxygens (including phenoxy) is 1. The van der Waals surface area contributed by atoms with Crippen LogP contribution in [0.2, 0.25) is 0 Å². The van der Waals surface area contributed by atoms with Gasteiger partial charge >= 0.3 is 0 Å². The second kappa shape index (κ2) is 7.64. The molecule has 3 unspecified atom stereocenters. The van der Waals surface area contributed by atoms with E-state index in [4.69, 9.17) is 4.74 Å². The molecule has 19 heavy (non-hydrogen) atoms. The van der Waals surface area contributed by atoms with Crippen LogP contribution in [-0.4, -0.2) is 25.8 Å². The minimum atomic E-state index is 0.237. The fraction of sp³-hybridized carbons (Fsp3) is 1.00. The Labute approximate surface area is 120 Å². The molecule has 114 valence electrons. The summed E-state index contributed by atoms with van der Waals surface area (Å²) in [6.45, 7) is 16.9. The van der Waals surface area contributed by atoms with Crippen LogP contribution in [0, 0.1) is 23.2 Å². The van der Waals surface area contributed by atoms with Crippen LogP contribution in [-0.2, 0) is 4.74 Å². The van der Waals surface area contributed by atoms with E-state index < -0.39 is 0 Å². The number of rotatable bonds is 7. The summed E-state index contributed by atoms with van der Waals surface area (Å²) in [7, 11) is 0. The van der Waals surface area contributed by atoms with Gasteiger partial charge in [0.15, 0.2) is 0 Å². The molecule has 1 N–H and O–H groups in total. The molecule has 1 aliphatic rings. The van der Waals surface area contributed by atoms with E-state index in [1.54, 1.807) is 0 Å². The van der Waals surface area contributed by atoms with E-state index in [-0.39, 0.29) is 5.41 Å². The normalized spacial score (nSPS) is 28.9. The van der Waals surface area contributed by atoms with Crippen molar-refractivity contribution < 1.29 is 4.74 Å². The Balaban J connectivity index is 2.23. The Kier molecular flexibility index (Phi) is 6.82. The van der Waals surface area contributed by atoms with Crippen molar-refractivity contribution in [3.05, 3.63) is 0 Å². The maximum atomic E-state index is 6.18. The van der Waals surface area contributed by atoms with Crippen LogP contribution >= 0.6 is 0 Å². The van der Waals surface area contributed by atoms with Gasteiger partial charge in [-0.05, 0) is 43.6 Å². The van der Waals surface area contributed by atoms with Gasteiger partial charge < -0.3 is 10.1 Å². The van der Waals surface area contributed by atoms with E-state index >= 15 is 0 Å². The van der Waals surface area contributed by atoms with Gasteiger partial charge in [-0.25, -0.2) is 0 Å². The average Bonchev–Trinajstić information content (AvgIpc) is 2.30. The smallest absolute Gasteiger partial charge is 0.0578 e. The molecule has 0 saturated heterocycles. The van der Waals surface area contributed by atoms with Crippen LogP contribution in [0.15, 0.2) is 0 Å². The SMILES string of the molecule is CC(C)CNCC(C)(C)COC1CCC(C)C(C)C1. The highest BCUT2D eigenvalue weighted by Gasteiger charge is 2.27. The van der Waals surface area contributed by atoms with Gasteiger partial charge in [0.25, 0.3) is 0 Å². The van der Waals surface area contributed by atoms with Crippen molar-refractivity contribution in [2.45, 2.75) is 66.9 Å². The Morgan fingerprint density at radius 1 is 1.16 bits per heavy atom. The maximum Gasteiger partial charge on any atom is 0.0578 e. The molecule has 0 aromatic rings. The minimum absolute atomic E-state index is 0.237. The fourth-order valence-corrected chi connectivity index (χ4v) is 2.74. The van der Waals surface area contributed by atoms with Gasteiger partial charge in [-0.3, -0.25) is 0 Å². The highest BCUT2D eigenvalue weighted by molar-refractivity contribution is 4.78. The predicted octanol–water partition coefficient (Wildman–Crippen LogP) is 4.10.